The maximum Gasteiger partial charge on any atom is 0.0725 e. The van der Waals surface area contributed by atoms with Crippen molar-refractivity contribution in [3.05, 3.63) is 229 Å². The van der Waals surface area contributed by atoms with Crippen LogP contribution in [0.3, 0.4) is 0 Å². The molecule has 276 valence electrons. The lowest BCUT2D eigenvalue weighted by molar-refractivity contribution is 0.796. The maximum atomic E-state index is 2.54. The van der Waals surface area contributed by atoms with Crippen molar-refractivity contribution in [3.8, 4) is 44.5 Å². The average Bonchev–Trinajstić information content (AvgIpc) is 3.92. The SMILES string of the molecule is c1ccc2c(c1)-c1ccccc1C21c2cc3ccccc3cc2-c2cc3ccc(-c4c5ccccc5c(-c5ccc6sc7ccccc7c6c5)c5ccccc45)cc3cc21. The van der Waals surface area contributed by atoms with E-state index < -0.39 is 5.41 Å². The molecule has 0 N–H and O–H groups in total. The van der Waals surface area contributed by atoms with Gasteiger partial charge in [0.25, 0.3) is 0 Å². The highest BCUT2D eigenvalue weighted by atomic mass is 32.1. The number of thiophene rings is 1. The van der Waals surface area contributed by atoms with Crippen molar-refractivity contribution in [2.75, 3.05) is 0 Å². The zero-order chi connectivity index (χ0) is 39.1. The predicted octanol–water partition coefficient (Wildman–Crippen LogP) is 16.3. The summed E-state index contributed by atoms with van der Waals surface area (Å²) in [5, 5.41) is 12.8. The minimum Gasteiger partial charge on any atom is -0.135 e. The van der Waals surface area contributed by atoms with Crippen LogP contribution >= 0.6 is 11.3 Å². The van der Waals surface area contributed by atoms with Crippen molar-refractivity contribution in [3.63, 3.8) is 0 Å². The molecule has 2 aliphatic carbocycles. The van der Waals surface area contributed by atoms with Gasteiger partial charge in [0.15, 0.2) is 0 Å². The van der Waals surface area contributed by atoms with Crippen LogP contribution in [0.15, 0.2) is 206 Å². The average molecular weight is 775 g/mol. The monoisotopic (exact) mass is 774 g/mol. The van der Waals surface area contributed by atoms with Crippen LogP contribution in [-0.4, -0.2) is 0 Å². The Bertz CT molecular complexity index is 3740. The van der Waals surface area contributed by atoms with Gasteiger partial charge in [-0.05, 0) is 158 Å². The topological polar surface area (TPSA) is 0 Å². The Morgan fingerprint density at radius 2 is 0.717 bits per heavy atom. The molecule has 11 aromatic carbocycles. The second-order valence-electron chi connectivity index (χ2n) is 16.7. The van der Waals surface area contributed by atoms with Crippen LogP contribution < -0.4 is 0 Å². The Morgan fingerprint density at radius 1 is 0.267 bits per heavy atom. The van der Waals surface area contributed by atoms with E-state index in [1.54, 1.807) is 0 Å². The van der Waals surface area contributed by atoms with E-state index in [4.69, 9.17) is 0 Å². The Labute approximate surface area is 351 Å². The number of rotatable bonds is 2. The Balaban J connectivity index is 1.03. The first-order valence-corrected chi connectivity index (χ1v) is 21.7. The molecule has 12 aromatic rings. The molecular weight excluding hydrogens is 741 g/mol. The Hall–Kier alpha value is -7.32. The van der Waals surface area contributed by atoms with E-state index in [1.807, 2.05) is 11.3 Å². The summed E-state index contributed by atoms with van der Waals surface area (Å²) in [5.74, 6) is 0. The van der Waals surface area contributed by atoms with Crippen LogP contribution in [0.5, 0.6) is 0 Å². The lowest BCUT2D eigenvalue weighted by atomic mass is 9.70. The van der Waals surface area contributed by atoms with Crippen molar-refractivity contribution < 1.29 is 0 Å². The van der Waals surface area contributed by atoms with Gasteiger partial charge >= 0.3 is 0 Å². The van der Waals surface area contributed by atoms with E-state index in [-0.39, 0.29) is 0 Å². The van der Waals surface area contributed by atoms with Gasteiger partial charge in [-0.15, -0.1) is 11.3 Å². The summed E-state index contributed by atoms with van der Waals surface area (Å²) in [6.45, 7) is 0. The molecule has 0 amide bonds. The van der Waals surface area contributed by atoms with Gasteiger partial charge < -0.3 is 0 Å². The standard InChI is InChI=1S/C59H34S/c1-2-14-36-33-53-48(30-35(36)13-1)49-31-37-25-26-38(29-40(37)34-54(49)59(53)51-22-10-7-15-41(51)42-16-8-11-23-52(42)59)57-44-18-3-5-20-46(44)58(47-21-6-4-19-45(47)57)39-27-28-56-50(32-39)43-17-9-12-24-55(43)60-56/h1-34H. The van der Waals surface area contributed by atoms with Gasteiger partial charge in [0.05, 0.1) is 5.41 Å². The summed E-state index contributed by atoms with van der Waals surface area (Å²) in [6.07, 6.45) is 0. The minimum atomic E-state index is -0.415. The van der Waals surface area contributed by atoms with E-state index >= 15 is 0 Å². The summed E-state index contributed by atoms with van der Waals surface area (Å²) in [4.78, 5) is 0. The Kier molecular flexibility index (Phi) is 6.46. The van der Waals surface area contributed by atoms with Crippen molar-refractivity contribution in [1.82, 2.24) is 0 Å². The zero-order valence-corrected chi connectivity index (χ0v) is 33.4. The summed E-state index contributed by atoms with van der Waals surface area (Å²) in [6, 6.07) is 78.2. The molecule has 0 aliphatic heterocycles. The minimum absolute atomic E-state index is 0.415. The molecule has 0 fully saturated rings. The molecule has 1 spiro atoms. The molecule has 0 atom stereocenters. The van der Waals surface area contributed by atoms with E-state index in [1.165, 1.54) is 130 Å². The van der Waals surface area contributed by atoms with E-state index in [9.17, 15) is 0 Å². The van der Waals surface area contributed by atoms with E-state index in [0.717, 1.165) is 0 Å². The number of fused-ring (bicyclic) bond motifs is 17. The molecule has 1 heterocycles. The molecule has 0 saturated heterocycles. The zero-order valence-electron chi connectivity index (χ0n) is 32.5. The molecule has 1 aromatic heterocycles. The fourth-order valence-electron chi connectivity index (χ4n) is 11.4. The first kappa shape index (κ1) is 32.6. The number of hydrogen-bond acceptors (Lipinski definition) is 1. The van der Waals surface area contributed by atoms with Crippen LogP contribution in [0, 0.1) is 0 Å². The van der Waals surface area contributed by atoms with Gasteiger partial charge in [0.2, 0.25) is 0 Å². The lowest BCUT2D eigenvalue weighted by Gasteiger charge is -2.30. The molecule has 0 radical (unpaired) electrons. The molecular formula is C59H34S. The smallest absolute Gasteiger partial charge is 0.0725 e. The van der Waals surface area contributed by atoms with Crippen LogP contribution in [-0.2, 0) is 5.41 Å². The largest absolute Gasteiger partial charge is 0.135 e. The fraction of sp³-hybridized carbons (Fsp3) is 0.0169. The molecule has 0 bridgehead atoms. The molecule has 60 heavy (non-hydrogen) atoms. The third-order valence-electron chi connectivity index (χ3n) is 13.8. The van der Waals surface area contributed by atoms with Gasteiger partial charge in [-0.2, -0.15) is 0 Å². The fourth-order valence-corrected chi connectivity index (χ4v) is 12.4. The second-order valence-corrected chi connectivity index (χ2v) is 17.8. The predicted molar refractivity (Wildman–Crippen MR) is 257 cm³/mol. The highest BCUT2D eigenvalue weighted by molar-refractivity contribution is 7.25. The molecule has 14 rings (SSSR count). The van der Waals surface area contributed by atoms with Crippen molar-refractivity contribution in [2.45, 2.75) is 5.41 Å². The maximum absolute atomic E-state index is 2.54. The lowest BCUT2D eigenvalue weighted by Crippen LogP contribution is -2.25. The summed E-state index contributed by atoms with van der Waals surface area (Å²) in [5.41, 5.74) is 15.5. The molecule has 2 aliphatic rings. The first-order valence-electron chi connectivity index (χ1n) is 20.9. The van der Waals surface area contributed by atoms with Crippen molar-refractivity contribution in [1.29, 1.82) is 0 Å². The first-order chi connectivity index (χ1) is 29.7. The molecule has 0 nitrogen and oxygen atoms in total. The van der Waals surface area contributed by atoms with Gasteiger partial charge in [0.1, 0.15) is 0 Å². The summed E-state index contributed by atoms with van der Waals surface area (Å²) >= 11 is 1.88. The van der Waals surface area contributed by atoms with Gasteiger partial charge in [-0.1, -0.05) is 158 Å². The normalized spacial score (nSPS) is 13.5. The van der Waals surface area contributed by atoms with Crippen LogP contribution in [0.25, 0.3) is 108 Å². The third-order valence-corrected chi connectivity index (χ3v) is 15.0. The molecule has 1 heteroatoms. The Morgan fingerprint density at radius 3 is 1.35 bits per heavy atom. The van der Waals surface area contributed by atoms with Gasteiger partial charge in [-0.3, -0.25) is 0 Å². The van der Waals surface area contributed by atoms with Gasteiger partial charge in [-0.25, -0.2) is 0 Å². The third kappa shape index (κ3) is 4.19. The summed E-state index contributed by atoms with van der Waals surface area (Å²) in [7, 11) is 0. The number of hydrogen-bond donors (Lipinski definition) is 0. The van der Waals surface area contributed by atoms with Crippen molar-refractivity contribution >= 4 is 74.6 Å². The summed E-state index contributed by atoms with van der Waals surface area (Å²) < 4.78 is 2.66. The molecule has 0 saturated carbocycles. The van der Waals surface area contributed by atoms with E-state index in [2.05, 4.69) is 206 Å². The van der Waals surface area contributed by atoms with Crippen molar-refractivity contribution in [2.24, 2.45) is 0 Å². The van der Waals surface area contributed by atoms with Crippen LogP contribution in [0.1, 0.15) is 22.3 Å². The highest BCUT2D eigenvalue weighted by Crippen LogP contribution is 2.63. The van der Waals surface area contributed by atoms with Crippen LogP contribution in [0.2, 0.25) is 0 Å². The van der Waals surface area contributed by atoms with E-state index in [0.29, 0.717) is 0 Å². The van der Waals surface area contributed by atoms with Gasteiger partial charge in [0, 0.05) is 20.2 Å². The highest BCUT2D eigenvalue weighted by Gasteiger charge is 2.51. The second kappa shape index (κ2) is 11.9. The molecule has 0 unspecified atom stereocenters. The number of benzene rings is 11. The quantitative estimate of drug-likeness (QED) is 0.153. The van der Waals surface area contributed by atoms with Crippen LogP contribution in [0.4, 0.5) is 0 Å².